The topological polar surface area (TPSA) is 61.4 Å². The minimum Gasteiger partial charge on any atom is -0.306 e. The first kappa shape index (κ1) is 20.7. The van der Waals surface area contributed by atoms with E-state index >= 15 is 0 Å². The average Bonchev–Trinajstić information content (AvgIpc) is 3.64. The number of pyridine rings is 4. The van der Waals surface area contributed by atoms with Crippen molar-refractivity contribution < 1.29 is 0 Å². The molecule has 0 radical (unpaired) electrons. The molecule has 0 saturated carbocycles. The van der Waals surface area contributed by atoms with E-state index < -0.39 is 0 Å². The fraction of sp³-hybridized carbons (Fsp3) is 0.0303. The largest absolute Gasteiger partial charge is 0.306 e. The molecule has 182 valence electrons. The molecule has 9 rings (SSSR count). The third-order valence-corrected chi connectivity index (χ3v) is 7.93. The lowest BCUT2D eigenvalue weighted by Gasteiger charge is -2.12. The van der Waals surface area contributed by atoms with E-state index in [1.54, 1.807) is 0 Å². The van der Waals surface area contributed by atoms with Crippen molar-refractivity contribution in [3.05, 3.63) is 121 Å². The predicted molar refractivity (Wildman–Crippen MR) is 155 cm³/mol. The van der Waals surface area contributed by atoms with E-state index in [2.05, 4.69) is 89.7 Å². The van der Waals surface area contributed by atoms with Crippen LogP contribution in [0.15, 0.2) is 110 Å². The van der Waals surface area contributed by atoms with Crippen LogP contribution in [0, 0.1) is 0 Å². The molecule has 39 heavy (non-hydrogen) atoms. The van der Waals surface area contributed by atoms with Crippen LogP contribution in [0.4, 0.5) is 0 Å². The van der Waals surface area contributed by atoms with Gasteiger partial charge in [0.05, 0.1) is 22.1 Å². The molecular weight excluding hydrogens is 480 g/mol. The van der Waals surface area contributed by atoms with Crippen LogP contribution >= 0.6 is 0 Å². The summed E-state index contributed by atoms with van der Waals surface area (Å²) in [5.41, 5.74) is 15.4. The van der Waals surface area contributed by atoms with Crippen LogP contribution in [0.3, 0.4) is 0 Å². The summed E-state index contributed by atoms with van der Waals surface area (Å²) < 4.78 is 4.55. The van der Waals surface area contributed by atoms with Crippen LogP contribution in [0.5, 0.6) is 0 Å². The van der Waals surface area contributed by atoms with Crippen molar-refractivity contribution in [2.45, 2.75) is 6.42 Å². The summed E-state index contributed by atoms with van der Waals surface area (Å²) >= 11 is 0. The van der Waals surface area contributed by atoms with Crippen LogP contribution < -0.4 is 0 Å². The molecule has 0 unspecified atom stereocenters. The van der Waals surface area contributed by atoms with Gasteiger partial charge in [-0.05, 0) is 101 Å². The Kier molecular flexibility index (Phi) is 4.02. The van der Waals surface area contributed by atoms with E-state index in [0.29, 0.717) is 0 Å². The second-order valence-electron chi connectivity index (χ2n) is 10.0. The van der Waals surface area contributed by atoms with Gasteiger partial charge in [0, 0.05) is 36.2 Å². The molecule has 1 aliphatic rings. The number of aromatic nitrogens is 6. The van der Waals surface area contributed by atoms with Crippen LogP contribution in [-0.2, 0) is 6.42 Å². The molecule has 1 aliphatic carbocycles. The fourth-order valence-electron chi connectivity index (χ4n) is 6.28. The molecule has 0 atom stereocenters. The van der Waals surface area contributed by atoms with Gasteiger partial charge in [-0.3, -0.25) is 19.9 Å². The summed E-state index contributed by atoms with van der Waals surface area (Å²) in [5.74, 6) is 0. The smallest absolute Gasteiger partial charge is 0.115 e. The van der Waals surface area contributed by atoms with E-state index in [-0.39, 0.29) is 0 Å². The van der Waals surface area contributed by atoms with Crippen molar-refractivity contribution in [3.63, 3.8) is 0 Å². The first-order valence-electron chi connectivity index (χ1n) is 13.0. The molecule has 0 fully saturated rings. The minimum atomic E-state index is 0.921. The summed E-state index contributed by atoms with van der Waals surface area (Å²) in [5, 5.41) is 0. The maximum atomic E-state index is 4.66. The maximum absolute atomic E-state index is 4.66. The average molecular weight is 501 g/mol. The molecule has 6 nitrogen and oxygen atoms in total. The number of benzene rings is 2. The molecule has 6 aromatic heterocycles. The highest BCUT2D eigenvalue weighted by Crippen LogP contribution is 2.41. The van der Waals surface area contributed by atoms with Gasteiger partial charge in [-0.25, -0.2) is 0 Å². The molecule has 0 bridgehead atoms. The normalized spacial score (nSPS) is 12.5. The summed E-state index contributed by atoms with van der Waals surface area (Å²) in [6.07, 6.45) is 8.27. The van der Waals surface area contributed by atoms with Crippen molar-refractivity contribution in [2.24, 2.45) is 0 Å². The molecule has 0 saturated heterocycles. The van der Waals surface area contributed by atoms with Crippen LogP contribution in [0.25, 0.3) is 66.6 Å². The monoisotopic (exact) mass is 500 g/mol. The number of hydrogen-bond acceptors (Lipinski definition) is 4. The summed E-state index contributed by atoms with van der Waals surface area (Å²) in [6, 6.07) is 30.0. The highest BCUT2D eigenvalue weighted by molar-refractivity contribution is 6.05. The van der Waals surface area contributed by atoms with Crippen LogP contribution in [0.1, 0.15) is 11.1 Å². The van der Waals surface area contributed by atoms with Crippen molar-refractivity contribution in [3.8, 4) is 22.5 Å². The minimum absolute atomic E-state index is 0.921. The fourth-order valence-corrected chi connectivity index (χ4v) is 6.28. The Labute approximate surface area is 222 Å². The predicted octanol–water partition coefficient (Wildman–Crippen LogP) is 7.03. The lowest BCUT2D eigenvalue weighted by Crippen LogP contribution is -1.96. The highest BCUT2D eigenvalue weighted by Gasteiger charge is 2.22. The van der Waals surface area contributed by atoms with Crippen molar-refractivity contribution in [1.82, 2.24) is 29.1 Å². The molecule has 8 aromatic rings. The van der Waals surface area contributed by atoms with Gasteiger partial charge in [-0.2, -0.15) is 0 Å². The molecule has 0 amide bonds. The molecule has 0 spiro atoms. The van der Waals surface area contributed by atoms with E-state index in [9.17, 15) is 0 Å². The van der Waals surface area contributed by atoms with Gasteiger partial charge in [0.1, 0.15) is 22.1 Å². The maximum Gasteiger partial charge on any atom is 0.115 e. The van der Waals surface area contributed by atoms with E-state index in [0.717, 1.165) is 61.9 Å². The van der Waals surface area contributed by atoms with Crippen molar-refractivity contribution in [2.75, 3.05) is 0 Å². The Morgan fingerprint density at radius 1 is 0.436 bits per heavy atom. The zero-order chi connectivity index (χ0) is 25.5. The lowest BCUT2D eigenvalue weighted by atomic mass is 10.0. The lowest BCUT2D eigenvalue weighted by molar-refractivity contribution is 1.16. The van der Waals surface area contributed by atoms with Crippen molar-refractivity contribution in [1.29, 1.82) is 0 Å². The Balaban J connectivity index is 1.27. The Morgan fingerprint density at radius 2 is 0.795 bits per heavy atom. The van der Waals surface area contributed by atoms with Crippen LogP contribution in [0.2, 0.25) is 0 Å². The summed E-state index contributed by atoms with van der Waals surface area (Å²) in [7, 11) is 0. The van der Waals surface area contributed by atoms with Crippen molar-refractivity contribution >= 4 is 44.1 Å². The van der Waals surface area contributed by atoms with Gasteiger partial charge >= 0.3 is 0 Å². The van der Waals surface area contributed by atoms with E-state index in [1.807, 2.05) is 49.1 Å². The molecule has 0 aliphatic heterocycles. The number of nitrogens with zero attached hydrogens (tertiary/aromatic N) is 6. The van der Waals surface area contributed by atoms with Crippen LogP contribution in [-0.4, -0.2) is 29.1 Å². The third kappa shape index (κ3) is 2.80. The first-order valence-corrected chi connectivity index (χ1v) is 13.0. The Bertz CT molecular complexity index is 2010. The third-order valence-electron chi connectivity index (χ3n) is 7.93. The van der Waals surface area contributed by atoms with E-state index in [4.69, 9.17) is 0 Å². The molecular formula is C33H20N6. The van der Waals surface area contributed by atoms with Gasteiger partial charge < -0.3 is 9.13 Å². The number of fused-ring (bicyclic) bond motifs is 9. The number of rotatable bonds is 2. The van der Waals surface area contributed by atoms with Gasteiger partial charge in [0.2, 0.25) is 0 Å². The standard InChI is InChI=1S/C33H20N6/c1-5-26-30(34-13-1)31-27(6-2-14-35-31)38(26)22-11-9-20-17-21-10-12-23(19-25(21)24(20)18-22)39-28-7-3-15-36-32(28)33-29(39)8-4-16-37-33/h1-16,18-19H,17H2. The highest BCUT2D eigenvalue weighted by atomic mass is 15.0. The molecule has 6 heterocycles. The zero-order valence-corrected chi connectivity index (χ0v) is 20.8. The van der Waals surface area contributed by atoms with Gasteiger partial charge in [0.15, 0.2) is 0 Å². The molecule has 2 aromatic carbocycles. The zero-order valence-electron chi connectivity index (χ0n) is 20.8. The molecule has 6 heteroatoms. The molecule has 0 N–H and O–H groups in total. The number of hydrogen-bond donors (Lipinski definition) is 0. The SMILES string of the molecule is c1cnc2c3ncccc3n(-c3ccc4c(c3)-c3cc(-n5c6cccnc6c6ncccc65)ccc3C4)c2c1. The Morgan fingerprint density at radius 3 is 1.15 bits per heavy atom. The first-order chi connectivity index (χ1) is 19.3. The summed E-state index contributed by atoms with van der Waals surface area (Å²) in [6.45, 7) is 0. The second kappa shape index (κ2) is 7.58. The van der Waals surface area contributed by atoms with Gasteiger partial charge in [0.25, 0.3) is 0 Å². The van der Waals surface area contributed by atoms with E-state index in [1.165, 1.54) is 22.3 Å². The second-order valence-corrected chi connectivity index (χ2v) is 10.0. The quantitative estimate of drug-likeness (QED) is 0.256. The van der Waals surface area contributed by atoms with Gasteiger partial charge in [-0.1, -0.05) is 12.1 Å². The van der Waals surface area contributed by atoms with Gasteiger partial charge in [-0.15, -0.1) is 0 Å². The Hall–Kier alpha value is -5.36. The summed E-state index contributed by atoms with van der Waals surface area (Å²) in [4.78, 5) is 18.6.